The number of hydrogen-bond donors (Lipinski definition) is 1. The topological polar surface area (TPSA) is 30.5 Å². The molecule has 1 aromatic rings. The Morgan fingerprint density at radius 2 is 2.26 bits per heavy atom. The van der Waals surface area contributed by atoms with Gasteiger partial charge < -0.3 is 14.8 Å². The summed E-state index contributed by atoms with van der Waals surface area (Å²) in [4.78, 5) is 0. The van der Waals surface area contributed by atoms with Crippen LogP contribution in [-0.4, -0.2) is 25.4 Å². The summed E-state index contributed by atoms with van der Waals surface area (Å²) in [7, 11) is 1.72. The lowest BCUT2D eigenvalue weighted by Gasteiger charge is -2.38. The first-order valence-electron chi connectivity index (χ1n) is 7.11. The van der Waals surface area contributed by atoms with E-state index in [9.17, 15) is 0 Å². The Bertz CT molecular complexity index is 433. The molecule has 2 rings (SSSR count). The van der Waals surface area contributed by atoms with Crippen LogP contribution in [0.3, 0.4) is 0 Å². The van der Waals surface area contributed by atoms with E-state index < -0.39 is 0 Å². The fourth-order valence-corrected chi connectivity index (χ4v) is 2.64. The number of aryl methyl sites for hydroxylation is 1. The van der Waals surface area contributed by atoms with Gasteiger partial charge in [0.15, 0.2) is 0 Å². The summed E-state index contributed by atoms with van der Waals surface area (Å²) in [5.41, 5.74) is 2.31. The van der Waals surface area contributed by atoms with E-state index in [0.29, 0.717) is 6.04 Å². The number of ether oxygens (including phenoxy) is 2. The maximum Gasteiger partial charge on any atom is 0.142 e. The Morgan fingerprint density at radius 1 is 1.47 bits per heavy atom. The molecule has 3 nitrogen and oxygen atoms in total. The zero-order chi connectivity index (χ0) is 13.9. The van der Waals surface area contributed by atoms with Crippen LogP contribution in [0.5, 0.6) is 5.75 Å². The molecule has 0 radical (unpaired) electrons. The Hall–Kier alpha value is -1.22. The average Bonchev–Trinajstić information content (AvgIpc) is 2.41. The van der Waals surface area contributed by atoms with Crippen molar-refractivity contribution in [2.45, 2.75) is 51.7 Å². The second kappa shape index (κ2) is 5.83. The van der Waals surface area contributed by atoms with Gasteiger partial charge in [0.2, 0.25) is 0 Å². The molecule has 0 saturated carbocycles. The van der Waals surface area contributed by atoms with E-state index >= 15 is 0 Å². The molecule has 19 heavy (non-hydrogen) atoms. The molecule has 1 fully saturated rings. The van der Waals surface area contributed by atoms with Gasteiger partial charge >= 0.3 is 0 Å². The van der Waals surface area contributed by atoms with E-state index in [4.69, 9.17) is 9.47 Å². The van der Waals surface area contributed by atoms with Crippen LogP contribution in [0.2, 0.25) is 0 Å². The van der Waals surface area contributed by atoms with Gasteiger partial charge in [0.25, 0.3) is 0 Å². The monoisotopic (exact) mass is 263 g/mol. The van der Waals surface area contributed by atoms with Crippen molar-refractivity contribution in [3.05, 3.63) is 23.8 Å². The standard InChI is InChI=1S/C16H25NO2/c1-5-16(3)11-13(8-9-19-16)17-14-7-6-12(2)10-15(14)18-4/h6-7,10,13,17H,5,8-9,11H2,1-4H3. The molecule has 1 heterocycles. The molecule has 0 aliphatic carbocycles. The van der Waals surface area contributed by atoms with Crippen molar-refractivity contribution < 1.29 is 9.47 Å². The number of rotatable bonds is 4. The molecule has 1 aliphatic heterocycles. The van der Waals surface area contributed by atoms with E-state index in [-0.39, 0.29) is 5.60 Å². The molecule has 2 atom stereocenters. The highest BCUT2D eigenvalue weighted by Gasteiger charge is 2.31. The molecule has 0 spiro atoms. The summed E-state index contributed by atoms with van der Waals surface area (Å²) < 4.78 is 11.3. The molecule has 3 heteroatoms. The first-order chi connectivity index (χ1) is 9.06. The maximum absolute atomic E-state index is 5.89. The summed E-state index contributed by atoms with van der Waals surface area (Å²) in [6, 6.07) is 6.74. The fourth-order valence-electron chi connectivity index (χ4n) is 2.64. The van der Waals surface area contributed by atoms with E-state index in [1.165, 1.54) is 5.56 Å². The minimum Gasteiger partial charge on any atom is -0.495 e. The summed E-state index contributed by atoms with van der Waals surface area (Å²) in [5, 5.41) is 3.61. The minimum atomic E-state index is 0.00779. The third-order valence-electron chi connectivity index (χ3n) is 4.06. The van der Waals surface area contributed by atoms with E-state index in [0.717, 1.165) is 37.3 Å². The third-order valence-corrected chi connectivity index (χ3v) is 4.06. The van der Waals surface area contributed by atoms with Crippen LogP contribution in [0, 0.1) is 6.92 Å². The summed E-state index contributed by atoms with van der Waals surface area (Å²) in [5.74, 6) is 0.921. The van der Waals surface area contributed by atoms with Crippen LogP contribution in [0.4, 0.5) is 5.69 Å². The van der Waals surface area contributed by atoms with Crippen LogP contribution in [0.1, 0.15) is 38.7 Å². The first kappa shape index (κ1) is 14.2. The fraction of sp³-hybridized carbons (Fsp3) is 0.625. The van der Waals surface area contributed by atoms with Crippen LogP contribution in [0.15, 0.2) is 18.2 Å². The molecule has 0 bridgehead atoms. The van der Waals surface area contributed by atoms with Gasteiger partial charge in [0.1, 0.15) is 5.75 Å². The van der Waals surface area contributed by atoms with Crippen LogP contribution in [-0.2, 0) is 4.74 Å². The quantitative estimate of drug-likeness (QED) is 0.897. The SMILES string of the molecule is CCC1(C)CC(Nc2ccc(C)cc2OC)CCO1. The Kier molecular flexibility index (Phi) is 4.35. The van der Waals surface area contributed by atoms with Crippen molar-refractivity contribution in [3.63, 3.8) is 0 Å². The highest BCUT2D eigenvalue weighted by Crippen LogP contribution is 2.32. The van der Waals surface area contributed by atoms with Gasteiger partial charge in [-0.1, -0.05) is 13.0 Å². The Labute approximate surface area is 116 Å². The lowest BCUT2D eigenvalue weighted by atomic mass is 9.90. The normalized spacial score (nSPS) is 27.1. The van der Waals surface area contributed by atoms with E-state index in [2.05, 4.69) is 44.3 Å². The number of benzene rings is 1. The highest BCUT2D eigenvalue weighted by atomic mass is 16.5. The average molecular weight is 263 g/mol. The zero-order valence-electron chi connectivity index (χ0n) is 12.5. The van der Waals surface area contributed by atoms with Crippen molar-refractivity contribution in [2.24, 2.45) is 0 Å². The Balaban J connectivity index is 2.08. The van der Waals surface area contributed by atoms with Crippen molar-refractivity contribution in [1.29, 1.82) is 0 Å². The Morgan fingerprint density at radius 3 is 2.95 bits per heavy atom. The summed E-state index contributed by atoms with van der Waals surface area (Å²) in [6.07, 6.45) is 3.14. The highest BCUT2D eigenvalue weighted by molar-refractivity contribution is 5.58. The third kappa shape index (κ3) is 3.41. The molecule has 1 aromatic carbocycles. The van der Waals surface area contributed by atoms with Gasteiger partial charge in [0, 0.05) is 12.6 Å². The van der Waals surface area contributed by atoms with Gasteiger partial charge in [-0.3, -0.25) is 0 Å². The largest absolute Gasteiger partial charge is 0.495 e. The molecule has 1 saturated heterocycles. The number of methoxy groups -OCH3 is 1. The van der Waals surface area contributed by atoms with Gasteiger partial charge in [-0.2, -0.15) is 0 Å². The van der Waals surface area contributed by atoms with Crippen molar-refractivity contribution in [1.82, 2.24) is 0 Å². The smallest absolute Gasteiger partial charge is 0.142 e. The lowest BCUT2D eigenvalue weighted by molar-refractivity contribution is -0.0709. The first-order valence-corrected chi connectivity index (χ1v) is 7.11. The van der Waals surface area contributed by atoms with Gasteiger partial charge in [-0.05, 0) is 50.8 Å². The number of anilines is 1. The second-order valence-electron chi connectivity index (χ2n) is 5.69. The van der Waals surface area contributed by atoms with E-state index in [1.807, 2.05) is 0 Å². The number of nitrogens with one attached hydrogen (secondary N) is 1. The molecule has 106 valence electrons. The number of hydrogen-bond acceptors (Lipinski definition) is 3. The van der Waals surface area contributed by atoms with Crippen molar-refractivity contribution in [3.8, 4) is 5.75 Å². The molecule has 1 aliphatic rings. The zero-order valence-corrected chi connectivity index (χ0v) is 12.5. The van der Waals surface area contributed by atoms with Crippen molar-refractivity contribution >= 4 is 5.69 Å². The summed E-state index contributed by atoms with van der Waals surface area (Å²) in [6.45, 7) is 7.30. The van der Waals surface area contributed by atoms with Gasteiger partial charge in [-0.15, -0.1) is 0 Å². The van der Waals surface area contributed by atoms with Crippen LogP contribution in [0.25, 0.3) is 0 Å². The second-order valence-corrected chi connectivity index (χ2v) is 5.69. The van der Waals surface area contributed by atoms with Gasteiger partial charge in [-0.25, -0.2) is 0 Å². The molecule has 2 unspecified atom stereocenters. The predicted molar refractivity (Wildman–Crippen MR) is 79.0 cm³/mol. The molecular formula is C16H25NO2. The van der Waals surface area contributed by atoms with Crippen LogP contribution < -0.4 is 10.1 Å². The van der Waals surface area contributed by atoms with E-state index in [1.54, 1.807) is 7.11 Å². The summed E-state index contributed by atoms with van der Waals surface area (Å²) >= 11 is 0. The molecule has 0 aromatic heterocycles. The predicted octanol–water partition coefficient (Wildman–Crippen LogP) is 3.76. The molecule has 0 amide bonds. The van der Waals surface area contributed by atoms with Gasteiger partial charge in [0.05, 0.1) is 18.4 Å². The molecular weight excluding hydrogens is 238 g/mol. The van der Waals surface area contributed by atoms with Crippen LogP contribution >= 0.6 is 0 Å². The maximum atomic E-state index is 5.89. The lowest BCUT2D eigenvalue weighted by Crippen LogP contribution is -2.41. The molecule has 1 N–H and O–H groups in total. The van der Waals surface area contributed by atoms with Crippen molar-refractivity contribution in [2.75, 3.05) is 19.0 Å². The minimum absolute atomic E-state index is 0.00779.